The van der Waals surface area contributed by atoms with Gasteiger partial charge in [0.1, 0.15) is 0 Å². The number of hydrogen-bond acceptors (Lipinski definition) is 3. The lowest BCUT2D eigenvalue weighted by Crippen LogP contribution is -2.51. The van der Waals surface area contributed by atoms with Crippen LogP contribution >= 0.6 is 0 Å². The van der Waals surface area contributed by atoms with Crippen molar-refractivity contribution in [3.05, 3.63) is 0 Å². The molecule has 0 aromatic heterocycles. The van der Waals surface area contributed by atoms with E-state index < -0.39 is 0 Å². The Bertz CT molecular complexity index is 446. The van der Waals surface area contributed by atoms with E-state index in [1.54, 1.807) is 0 Å². The topological polar surface area (TPSA) is 60.0 Å². The number of aliphatic imine (C=N–C) groups is 1. The Labute approximate surface area is 139 Å². The first kappa shape index (κ1) is 16.6. The molecular formula is C17H31N5O. The molecule has 3 saturated heterocycles. The Hall–Kier alpha value is -1.30. The van der Waals surface area contributed by atoms with Crippen molar-refractivity contribution in [3.8, 4) is 0 Å². The quantitative estimate of drug-likeness (QED) is 0.590. The molecule has 3 heterocycles. The maximum atomic E-state index is 11.7. The molecule has 3 aliphatic rings. The van der Waals surface area contributed by atoms with Crippen molar-refractivity contribution < 1.29 is 4.79 Å². The van der Waals surface area contributed by atoms with Crippen LogP contribution < -0.4 is 10.6 Å². The molecule has 0 aromatic carbocycles. The lowest BCUT2D eigenvalue weighted by Gasteiger charge is -2.40. The van der Waals surface area contributed by atoms with Gasteiger partial charge in [0.2, 0.25) is 5.91 Å². The number of hydrogen-bond donors (Lipinski definition) is 2. The van der Waals surface area contributed by atoms with E-state index in [-0.39, 0.29) is 11.3 Å². The molecule has 1 unspecified atom stereocenters. The summed E-state index contributed by atoms with van der Waals surface area (Å²) in [5, 5.41) is 6.47. The normalized spacial score (nSPS) is 29.3. The highest BCUT2D eigenvalue weighted by Crippen LogP contribution is 2.35. The zero-order valence-electron chi connectivity index (χ0n) is 14.4. The average Bonchev–Trinajstić information content (AvgIpc) is 3.17. The summed E-state index contributed by atoms with van der Waals surface area (Å²) < 4.78 is 0. The molecule has 1 spiro atoms. The summed E-state index contributed by atoms with van der Waals surface area (Å²) in [6, 6.07) is 0. The fourth-order valence-electron chi connectivity index (χ4n) is 4.16. The van der Waals surface area contributed by atoms with Crippen molar-refractivity contribution in [1.29, 1.82) is 0 Å². The van der Waals surface area contributed by atoms with E-state index in [9.17, 15) is 4.79 Å². The standard InChI is InChI=1S/C17H31N5O/c1-2-18-16(19-7-11-21-8-3-4-9-21)22-10-5-6-17(14-22)12-15(23)20-13-17/h2-14H2,1H3,(H,18,19)(H,20,23). The maximum Gasteiger partial charge on any atom is 0.220 e. The number of rotatable bonds is 4. The Balaban J connectivity index is 1.58. The number of amides is 1. The van der Waals surface area contributed by atoms with Crippen LogP contribution in [-0.2, 0) is 4.79 Å². The van der Waals surface area contributed by atoms with Crippen molar-refractivity contribution in [1.82, 2.24) is 20.4 Å². The molecule has 23 heavy (non-hydrogen) atoms. The molecule has 0 saturated carbocycles. The molecule has 6 heteroatoms. The number of nitrogens with one attached hydrogen (secondary N) is 2. The van der Waals surface area contributed by atoms with Gasteiger partial charge in [0.05, 0.1) is 6.54 Å². The third kappa shape index (κ3) is 4.16. The van der Waals surface area contributed by atoms with Gasteiger partial charge in [-0.05, 0) is 45.7 Å². The highest BCUT2D eigenvalue weighted by molar-refractivity contribution is 5.81. The van der Waals surface area contributed by atoms with E-state index in [0.29, 0.717) is 6.42 Å². The minimum atomic E-state index is 0.125. The van der Waals surface area contributed by atoms with Crippen LogP contribution in [0.5, 0.6) is 0 Å². The molecule has 3 aliphatic heterocycles. The number of carbonyl (C=O) groups excluding carboxylic acids is 1. The predicted molar refractivity (Wildman–Crippen MR) is 92.5 cm³/mol. The Morgan fingerprint density at radius 3 is 2.83 bits per heavy atom. The Kier molecular flexibility index (Phi) is 5.41. The summed E-state index contributed by atoms with van der Waals surface area (Å²) in [6.07, 6.45) is 5.64. The first-order valence-corrected chi connectivity index (χ1v) is 9.23. The molecule has 130 valence electrons. The largest absolute Gasteiger partial charge is 0.357 e. The van der Waals surface area contributed by atoms with Crippen LogP contribution in [0.3, 0.4) is 0 Å². The van der Waals surface area contributed by atoms with Gasteiger partial charge in [-0.25, -0.2) is 0 Å². The van der Waals surface area contributed by atoms with Crippen LogP contribution in [0.15, 0.2) is 4.99 Å². The SMILES string of the molecule is CCNC(=NCCN1CCCC1)N1CCCC2(CNC(=O)C2)C1. The number of piperidine rings is 1. The molecule has 0 aromatic rings. The van der Waals surface area contributed by atoms with Gasteiger partial charge < -0.3 is 20.4 Å². The predicted octanol–water partition coefficient (Wildman–Crippen LogP) is 0.650. The molecule has 1 atom stereocenters. The van der Waals surface area contributed by atoms with Gasteiger partial charge in [-0.3, -0.25) is 9.79 Å². The van der Waals surface area contributed by atoms with Crippen LogP contribution in [0.4, 0.5) is 0 Å². The van der Waals surface area contributed by atoms with E-state index in [2.05, 4.69) is 27.4 Å². The molecule has 6 nitrogen and oxygen atoms in total. The minimum absolute atomic E-state index is 0.125. The molecule has 3 fully saturated rings. The lowest BCUT2D eigenvalue weighted by molar-refractivity contribution is -0.119. The van der Waals surface area contributed by atoms with Crippen LogP contribution in [0.1, 0.15) is 39.0 Å². The van der Waals surface area contributed by atoms with E-state index in [4.69, 9.17) is 4.99 Å². The smallest absolute Gasteiger partial charge is 0.220 e. The number of likely N-dealkylation sites (tertiary alicyclic amines) is 2. The third-order valence-electron chi connectivity index (χ3n) is 5.37. The zero-order chi connectivity index (χ0) is 16.1. The van der Waals surface area contributed by atoms with E-state index >= 15 is 0 Å². The van der Waals surface area contributed by atoms with Gasteiger partial charge >= 0.3 is 0 Å². The van der Waals surface area contributed by atoms with Crippen molar-refractivity contribution in [2.24, 2.45) is 10.4 Å². The van der Waals surface area contributed by atoms with Gasteiger partial charge in [0, 0.05) is 44.6 Å². The highest BCUT2D eigenvalue weighted by atomic mass is 16.1. The van der Waals surface area contributed by atoms with Crippen molar-refractivity contribution in [2.45, 2.75) is 39.0 Å². The summed E-state index contributed by atoms with van der Waals surface area (Å²) in [6.45, 7) is 10.2. The van der Waals surface area contributed by atoms with Crippen LogP contribution in [0.25, 0.3) is 0 Å². The molecule has 3 rings (SSSR count). The van der Waals surface area contributed by atoms with Gasteiger partial charge in [0.15, 0.2) is 5.96 Å². The second kappa shape index (κ2) is 7.51. The fourth-order valence-corrected chi connectivity index (χ4v) is 4.16. The Morgan fingerprint density at radius 2 is 2.13 bits per heavy atom. The van der Waals surface area contributed by atoms with Gasteiger partial charge in [-0.2, -0.15) is 0 Å². The summed E-state index contributed by atoms with van der Waals surface area (Å²) >= 11 is 0. The van der Waals surface area contributed by atoms with Crippen LogP contribution in [0, 0.1) is 5.41 Å². The highest BCUT2D eigenvalue weighted by Gasteiger charge is 2.42. The molecule has 0 aliphatic carbocycles. The second-order valence-electron chi connectivity index (χ2n) is 7.26. The summed E-state index contributed by atoms with van der Waals surface area (Å²) in [7, 11) is 0. The van der Waals surface area contributed by atoms with Gasteiger partial charge in [-0.1, -0.05) is 0 Å². The number of guanidine groups is 1. The molecule has 1 amide bonds. The summed E-state index contributed by atoms with van der Waals surface area (Å²) in [5.41, 5.74) is 0.125. The van der Waals surface area contributed by atoms with E-state index in [1.807, 2.05) is 0 Å². The molecule has 0 bridgehead atoms. The first-order chi connectivity index (χ1) is 11.2. The van der Waals surface area contributed by atoms with Crippen molar-refractivity contribution >= 4 is 11.9 Å². The molecular weight excluding hydrogens is 290 g/mol. The van der Waals surface area contributed by atoms with E-state index in [1.165, 1.54) is 25.9 Å². The van der Waals surface area contributed by atoms with Crippen LogP contribution in [-0.4, -0.2) is 74.0 Å². The minimum Gasteiger partial charge on any atom is -0.357 e. The third-order valence-corrected chi connectivity index (χ3v) is 5.37. The first-order valence-electron chi connectivity index (χ1n) is 9.23. The monoisotopic (exact) mass is 321 g/mol. The summed E-state index contributed by atoms with van der Waals surface area (Å²) in [5.74, 6) is 1.24. The Morgan fingerprint density at radius 1 is 1.30 bits per heavy atom. The fraction of sp³-hybridized carbons (Fsp3) is 0.882. The second-order valence-corrected chi connectivity index (χ2v) is 7.26. The molecule has 0 radical (unpaired) electrons. The maximum absolute atomic E-state index is 11.7. The summed E-state index contributed by atoms with van der Waals surface area (Å²) in [4.78, 5) is 21.4. The van der Waals surface area contributed by atoms with Crippen molar-refractivity contribution in [3.63, 3.8) is 0 Å². The van der Waals surface area contributed by atoms with Gasteiger partial charge in [-0.15, -0.1) is 0 Å². The van der Waals surface area contributed by atoms with E-state index in [0.717, 1.165) is 58.1 Å². The van der Waals surface area contributed by atoms with Gasteiger partial charge in [0.25, 0.3) is 0 Å². The zero-order valence-corrected chi connectivity index (χ0v) is 14.4. The number of nitrogens with zero attached hydrogens (tertiary/aromatic N) is 3. The average molecular weight is 321 g/mol. The molecule has 2 N–H and O–H groups in total. The number of carbonyl (C=O) groups is 1. The van der Waals surface area contributed by atoms with Crippen molar-refractivity contribution in [2.75, 3.05) is 52.4 Å². The van der Waals surface area contributed by atoms with Crippen LogP contribution in [0.2, 0.25) is 0 Å². The lowest BCUT2D eigenvalue weighted by atomic mass is 9.79.